The molecule has 0 aliphatic heterocycles. The van der Waals surface area contributed by atoms with Gasteiger partial charge in [-0.2, -0.15) is 0 Å². The fourth-order valence-corrected chi connectivity index (χ4v) is 0. The van der Waals surface area contributed by atoms with E-state index < -0.39 is 0 Å². The van der Waals surface area contributed by atoms with Crippen LogP contribution in [-0.2, 0) is 0 Å². The molecule has 0 saturated heterocycles. The summed E-state index contributed by atoms with van der Waals surface area (Å²) in [7, 11) is 0. The van der Waals surface area contributed by atoms with E-state index in [1.165, 1.54) is 111 Å². The van der Waals surface area contributed by atoms with E-state index in [0.717, 1.165) is 0 Å². The van der Waals surface area contributed by atoms with Crippen LogP contribution in [-0.4, -0.2) is 171 Å². The predicted molar refractivity (Wildman–Crippen MR) is 34.5 cm³/mol. The van der Waals surface area contributed by atoms with Crippen LogP contribution < -0.4 is 0 Å². The minimum absolute atomic E-state index is 0. The molecule has 0 atom stereocenters. The van der Waals surface area contributed by atoms with Gasteiger partial charge in [0.15, 0.2) is 0 Å². The van der Waals surface area contributed by atoms with Crippen molar-refractivity contribution >= 4 is 171 Å². The Kier molecular flexibility index (Phi) is 114. The van der Waals surface area contributed by atoms with E-state index in [2.05, 4.69) is 0 Å². The molecule has 0 spiro atoms. The van der Waals surface area contributed by atoms with E-state index in [9.17, 15) is 0 Å². The molecule has 0 amide bonds. The van der Waals surface area contributed by atoms with Gasteiger partial charge in [-0.05, 0) is 0 Å². The summed E-state index contributed by atoms with van der Waals surface area (Å²) in [6.07, 6.45) is 0. The third-order valence-electron chi connectivity index (χ3n) is 0. The summed E-state index contributed by atoms with van der Waals surface area (Å²) >= 11 is 5.39. The van der Waals surface area contributed by atoms with Crippen molar-refractivity contribution in [2.45, 2.75) is 0 Å². The number of hydrogen-bond donors (Lipinski definition) is 0. The minimum atomic E-state index is 0. The van der Waals surface area contributed by atoms with E-state index in [-0.39, 0.29) is 59.1 Å². The first-order valence-corrected chi connectivity index (χ1v) is 24.7. The standard InChI is InChI=1S/2K.4Na. The van der Waals surface area contributed by atoms with Crippen molar-refractivity contribution in [2.75, 3.05) is 0 Å². The Labute approximate surface area is 162 Å². The predicted octanol–water partition coefficient (Wildman–Crippen LogP) is -2.28. The SMILES string of the molecule is [Na].[Na].[Na][K].[Na][K]. The summed E-state index contributed by atoms with van der Waals surface area (Å²) in [5.41, 5.74) is 0. The van der Waals surface area contributed by atoms with Gasteiger partial charge < -0.3 is 0 Å². The molecule has 0 aliphatic carbocycles. The summed E-state index contributed by atoms with van der Waals surface area (Å²) < 4.78 is 0. The molecule has 0 unspecified atom stereocenters. The maximum atomic E-state index is 1.49. The Morgan fingerprint density at radius 3 is 0.667 bits per heavy atom. The molecule has 0 aromatic rings. The van der Waals surface area contributed by atoms with Crippen molar-refractivity contribution in [1.82, 2.24) is 0 Å². The van der Waals surface area contributed by atoms with Gasteiger partial charge in [-0.3, -0.25) is 0 Å². The van der Waals surface area contributed by atoms with E-state index in [4.69, 9.17) is 0 Å². The van der Waals surface area contributed by atoms with Crippen LogP contribution in [0, 0.1) is 0 Å². The molecule has 0 N–H and O–H groups in total. The average Bonchev–Trinajstić information content (AvgIpc) is 1.50. The van der Waals surface area contributed by atoms with Gasteiger partial charge in [0.05, 0.1) is 0 Å². The summed E-state index contributed by atoms with van der Waals surface area (Å²) in [5, 5.41) is 0. The van der Waals surface area contributed by atoms with Crippen molar-refractivity contribution in [3.63, 3.8) is 0 Å². The molecule has 0 aliphatic rings. The molecule has 0 aromatic carbocycles. The Bertz CT molecular complexity index is 5.51. The fourth-order valence-electron chi connectivity index (χ4n) is 0. The van der Waals surface area contributed by atoms with Crippen LogP contribution in [0.5, 0.6) is 0 Å². The van der Waals surface area contributed by atoms with Crippen LogP contribution >= 0.6 is 0 Å². The van der Waals surface area contributed by atoms with Gasteiger partial charge in [0.25, 0.3) is 0 Å². The van der Waals surface area contributed by atoms with Crippen LogP contribution in [0.3, 0.4) is 0 Å². The first-order valence-electron chi connectivity index (χ1n) is 2.00. The molecule has 0 bridgehead atoms. The number of rotatable bonds is 0. The average molecular weight is 170 g/mol. The first-order chi connectivity index (χ1) is 2.00. The van der Waals surface area contributed by atoms with Gasteiger partial charge in [0.2, 0.25) is 0 Å². The second kappa shape index (κ2) is 29.5. The zero-order chi connectivity index (χ0) is 4.00. The van der Waals surface area contributed by atoms with Gasteiger partial charge >= 0.3 is 111 Å². The Morgan fingerprint density at radius 2 is 0.667 bits per heavy atom. The Morgan fingerprint density at radius 1 is 0.667 bits per heavy atom. The van der Waals surface area contributed by atoms with Crippen LogP contribution in [0.15, 0.2) is 0 Å². The van der Waals surface area contributed by atoms with Crippen molar-refractivity contribution in [2.24, 2.45) is 0 Å². The topological polar surface area (TPSA) is 0 Å². The number of hydrogen-bond acceptors (Lipinski definition) is 0. The summed E-state index contributed by atoms with van der Waals surface area (Å²) in [4.78, 5) is 0. The third-order valence-corrected chi connectivity index (χ3v) is 0. The monoisotopic (exact) mass is 170 g/mol. The summed E-state index contributed by atoms with van der Waals surface area (Å²) in [5.74, 6) is 0. The Hall–Kier alpha value is 7.27. The quantitative estimate of drug-likeness (QED) is 0.359. The molecule has 6 heavy (non-hydrogen) atoms. The van der Waals surface area contributed by atoms with Crippen molar-refractivity contribution in [3.8, 4) is 0 Å². The third kappa shape index (κ3) is 22.5. The zero-order valence-corrected chi connectivity index (χ0v) is 20.2. The van der Waals surface area contributed by atoms with Crippen LogP contribution in [0.25, 0.3) is 0 Å². The van der Waals surface area contributed by atoms with Crippen molar-refractivity contribution in [3.05, 3.63) is 0 Å². The van der Waals surface area contributed by atoms with Crippen LogP contribution in [0.2, 0.25) is 0 Å². The van der Waals surface area contributed by atoms with Crippen molar-refractivity contribution < 1.29 is 0 Å². The normalized spacial score (nSPS) is 2.67. The molecule has 6 heteroatoms. The van der Waals surface area contributed by atoms with E-state index >= 15 is 0 Å². The van der Waals surface area contributed by atoms with Crippen LogP contribution in [0.1, 0.15) is 0 Å². The summed E-state index contributed by atoms with van der Waals surface area (Å²) in [6.45, 7) is 0. The van der Waals surface area contributed by atoms with Crippen molar-refractivity contribution in [1.29, 1.82) is 0 Å². The van der Waals surface area contributed by atoms with Gasteiger partial charge in [0.1, 0.15) is 0 Å². The van der Waals surface area contributed by atoms with Gasteiger partial charge in [-0.15, -0.1) is 0 Å². The first kappa shape index (κ1) is 23.3. The molecule has 2 radical (unpaired) electrons. The van der Waals surface area contributed by atoms with E-state index in [1.54, 1.807) is 0 Å². The maximum absolute atomic E-state index is 1.49. The molecule has 6 valence electrons. The second-order valence-corrected chi connectivity index (χ2v) is 0. The molecule has 0 aromatic heterocycles. The Balaban J connectivity index is -0.00000000500. The molecule has 0 fully saturated rings. The molecule has 0 heterocycles. The second-order valence-electron chi connectivity index (χ2n) is 0. The molecule has 0 saturated carbocycles. The zero-order valence-electron chi connectivity index (χ0n) is 6.00. The molecular weight excluding hydrogens is 170 g/mol. The molecule has 0 rings (SSSR count). The molecule has 0 nitrogen and oxygen atoms in total. The van der Waals surface area contributed by atoms with Crippen LogP contribution in [0.4, 0.5) is 0 Å². The van der Waals surface area contributed by atoms with Gasteiger partial charge in [-0.1, -0.05) is 0 Å². The van der Waals surface area contributed by atoms with Gasteiger partial charge in [-0.25, -0.2) is 0 Å². The summed E-state index contributed by atoms with van der Waals surface area (Å²) in [6, 6.07) is 0. The molecular formula is K2Na4. The van der Waals surface area contributed by atoms with Gasteiger partial charge in [0, 0.05) is 59.1 Å². The van der Waals surface area contributed by atoms with E-state index in [1.807, 2.05) is 0 Å². The fraction of sp³-hybridized carbons (Fsp3) is 0. The van der Waals surface area contributed by atoms with E-state index in [0.29, 0.717) is 0 Å².